The molecule has 0 fully saturated rings. The Hall–Kier alpha value is -1.04. The average molecular weight is 311 g/mol. The third-order valence-electron chi connectivity index (χ3n) is 2.16. The van der Waals surface area contributed by atoms with Crippen LogP contribution in [0.25, 0.3) is 0 Å². The molecule has 0 N–H and O–H groups in total. The molecule has 0 saturated carbocycles. The largest absolute Gasteiger partial charge is 0.496 e. The first kappa shape index (κ1) is 14.0. The predicted octanol–water partition coefficient (Wildman–Crippen LogP) is 3.68. The van der Waals surface area contributed by atoms with Gasteiger partial charge in [-0.25, -0.2) is 0 Å². The summed E-state index contributed by atoms with van der Waals surface area (Å²) in [7, 11) is 1.23. The molecule has 0 bridgehead atoms. The maximum atomic E-state index is 12.8. The lowest BCUT2D eigenvalue weighted by Crippen LogP contribution is -2.18. The van der Waals surface area contributed by atoms with Crippen LogP contribution in [-0.4, -0.2) is 17.7 Å². The van der Waals surface area contributed by atoms with Crippen molar-refractivity contribution < 1.29 is 22.7 Å². The summed E-state index contributed by atoms with van der Waals surface area (Å²) in [5.74, 6) is -0.731. The molecule has 0 aromatic heterocycles. The Kier molecular flexibility index (Phi) is 4.19. The molecule has 0 saturated heterocycles. The molecule has 0 radical (unpaired) electrons. The van der Waals surface area contributed by atoms with Crippen LogP contribution in [0.4, 0.5) is 13.2 Å². The van der Waals surface area contributed by atoms with E-state index < -0.39 is 27.9 Å². The van der Waals surface area contributed by atoms with Gasteiger partial charge < -0.3 is 4.74 Å². The van der Waals surface area contributed by atoms with Crippen molar-refractivity contribution in [2.45, 2.75) is 17.9 Å². The van der Waals surface area contributed by atoms with Gasteiger partial charge in [-0.15, -0.1) is 0 Å². The zero-order valence-corrected chi connectivity index (χ0v) is 10.7. The normalized spacial score (nSPS) is 13.3. The van der Waals surface area contributed by atoms with Crippen molar-refractivity contribution in [2.24, 2.45) is 0 Å². The highest BCUT2D eigenvalue weighted by Gasteiger charge is 2.37. The van der Waals surface area contributed by atoms with Crippen molar-refractivity contribution in [3.05, 3.63) is 29.3 Å². The highest BCUT2D eigenvalue weighted by atomic mass is 79.9. The number of methoxy groups -OCH3 is 1. The second-order valence-corrected chi connectivity index (χ2v) is 4.73. The number of hydrogen-bond donors (Lipinski definition) is 0. The van der Waals surface area contributed by atoms with Gasteiger partial charge in [0.05, 0.1) is 23.1 Å². The van der Waals surface area contributed by atoms with Gasteiger partial charge in [0.2, 0.25) is 0 Å². The Morgan fingerprint density at radius 2 is 2.00 bits per heavy atom. The summed E-state index contributed by atoms with van der Waals surface area (Å²) in [5, 5.41) is 0. The Morgan fingerprint density at radius 1 is 1.41 bits per heavy atom. The summed E-state index contributed by atoms with van der Waals surface area (Å²) in [5.41, 5.74) is -1.42. The second-order valence-electron chi connectivity index (χ2n) is 3.36. The van der Waals surface area contributed by atoms with E-state index >= 15 is 0 Å². The van der Waals surface area contributed by atoms with Gasteiger partial charge in [0.1, 0.15) is 5.75 Å². The van der Waals surface area contributed by atoms with Crippen molar-refractivity contribution in [1.82, 2.24) is 0 Å². The third-order valence-corrected chi connectivity index (χ3v) is 2.58. The van der Waals surface area contributed by atoms with Crippen molar-refractivity contribution in [2.75, 3.05) is 7.11 Å². The minimum absolute atomic E-state index is 0.0730. The Bertz CT molecular complexity index is 427. The van der Waals surface area contributed by atoms with Crippen molar-refractivity contribution in [1.29, 1.82) is 0 Å². The maximum Gasteiger partial charge on any atom is 0.417 e. The van der Waals surface area contributed by atoms with Gasteiger partial charge in [-0.2, -0.15) is 13.2 Å². The lowest BCUT2D eigenvalue weighted by atomic mass is 10.0. The monoisotopic (exact) mass is 310 g/mol. The fraction of sp³-hybridized carbons (Fsp3) is 0.364. The summed E-state index contributed by atoms with van der Waals surface area (Å²) >= 11 is 2.97. The molecule has 1 atom stereocenters. The summed E-state index contributed by atoms with van der Waals surface area (Å²) in [6.45, 7) is 1.47. The molecule has 0 aliphatic heterocycles. The minimum atomic E-state index is -4.58. The molecule has 0 amide bonds. The van der Waals surface area contributed by atoms with Crippen LogP contribution in [0, 0.1) is 0 Å². The van der Waals surface area contributed by atoms with Gasteiger partial charge in [-0.05, 0) is 19.1 Å². The summed E-state index contributed by atoms with van der Waals surface area (Å²) in [6, 6.07) is 3.40. The quantitative estimate of drug-likeness (QED) is 0.629. The summed E-state index contributed by atoms with van der Waals surface area (Å²) in [4.78, 5) is 11.1. The number of halogens is 4. The first-order chi connectivity index (χ1) is 7.79. The van der Waals surface area contributed by atoms with Crippen LogP contribution in [0.5, 0.6) is 5.75 Å². The number of benzene rings is 1. The van der Waals surface area contributed by atoms with Gasteiger partial charge in [0.25, 0.3) is 0 Å². The number of carbonyl (C=O) groups is 1. The second kappa shape index (κ2) is 5.08. The van der Waals surface area contributed by atoms with Crippen molar-refractivity contribution in [3.8, 4) is 5.75 Å². The number of hydrogen-bond acceptors (Lipinski definition) is 2. The van der Waals surface area contributed by atoms with Crippen LogP contribution in [0.1, 0.15) is 22.8 Å². The molecule has 1 unspecified atom stereocenters. The van der Waals surface area contributed by atoms with Crippen LogP contribution in [0.15, 0.2) is 18.2 Å². The Morgan fingerprint density at radius 3 is 2.41 bits per heavy atom. The fourth-order valence-corrected chi connectivity index (χ4v) is 1.62. The summed E-state index contributed by atoms with van der Waals surface area (Å²) in [6.07, 6.45) is -4.58. The molecule has 17 heavy (non-hydrogen) atoms. The Labute approximate surface area is 105 Å². The van der Waals surface area contributed by atoms with Crippen LogP contribution >= 0.6 is 15.9 Å². The molecule has 94 valence electrons. The first-order valence-corrected chi connectivity index (χ1v) is 5.63. The summed E-state index contributed by atoms with van der Waals surface area (Å²) < 4.78 is 43.1. The van der Waals surface area contributed by atoms with Crippen LogP contribution in [0.3, 0.4) is 0 Å². The third kappa shape index (κ3) is 3.00. The highest BCUT2D eigenvalue weighted by Crippen LogP contribution is 2.37. The molecule has 0 heterocycles. The minimum Gasteiger partial charge on any atom is -0.496 e. The van der Waals surface area contributed by atoms with Crippen LogP contribution in [-0.2, 0) is 6.18 Å². The van der Waals surface area contributed by atoms with E-state index in [1.54, 1.807) is 0 Å². The lowest BCUT2D eigenvalue weighted by molar-refractivity contribution is -0.138. The topological polar surface area (TPSA) is 26.3 Å². The predicted molar refractivity (Wildman–Crippen MR) is 60.7 cm³/mol. The zero-order chi connectivity index (χ0) is 13.2. The van der Waals surface area contributed by atoms with Gasteiger partial charge in [-0.1, -0.05) is 22.0 Å². The van der Waals surface area contributed by atoms with Crippen LogP contribution < -0.4 is 4.74 Å². The number of carbonyl (C=O) groups excluding carboxylic acids is 1. The van der Waals surface area contributed by atoms with Gasteiger partial charge in [0, 0.05) is 0 Å². The standard InChI is InChI=1S/C11H10BrF3O2/c1-6(12)10(16)9-7(11(13,14)15)4-3-5-8(9)17-2/h3-6H,1-2H3. The molecule has 0 spiro atoms. The molecule has 1 aromatic rings. The average Bonchev–Trinajstić information content (AvgIpc) is 2.25. The van der Waals surface area contributed by atoms with Gasteiger partial charge in [0.15, 0.2) is 5.78 Å². The molecule has 6 heteroatoms. The lowest BCUT2D eigenvalue weighted by Gasteiger charge is -2.15. The molecule has 0 aliphatic carbocycles. The fourth-order valence-electron chi connectivity index (χ4n) is 1.39. The van der Waals surface area contributed by atoms with Gasteiger partial charge >= 0.3 is 6.18 Å². The van der Waals surface area contributed by atoms with Crippen molar-refractivity contribution >= 4 is 21.7 Å². The smallest absolute Gasteiger partial charge is 0.417 e. The molecular formula is C11H10BrF3O2. The van der Waals surface area contributed by atoms with E-state index in [0.717, 1.165) is 6.07 Å². The number of ether oxygens (including phenoxy) is 1. The van der Waals surface area contributed by atoms with E-state index in [1.807, 2.05) is 0 Å². The number of rotatable bonds is 3. The van der Waals surface area contributed by atoms with E-state index in [0.29, 0.717) is 0 Å². The molecule has 2 nitrogen and oxygen atoms in total. The highest BCUT2D eigenvalue weighted by molar-refractivity contribution is 9.10. The van der Waals surface area contributed by atoms with E-state index in [1.165, 1.54) is 26.2 Å². The van der Waals surface area contributed by atoms with E-state index in [-0.39, 0.29) is 5.75 Å². The number of alkyl halides is 4. The Balaban J connectivity index is 3.47. The molecular weight excluding hydrogens is 301 g/mol. The van der Waals surface area contributed by atoms with Crippen molar-refractivity contribution in [3.63, 3.8) is 0 Å². The SMILES string of the molecule is COc1cccc(C(F)(F)F)c1C(=O)C(C)Br. The number of ketones is 1. The van der Waals surface area contributed by atoms with E-state index in [9.17, 15) is 18.0 Å². The van der Waals surface area contributed by atoms with E-state index in [2.05, 4.69) is 15.9 Å². The van der Waals surface area contributed by atoms with Crippen LogP contribution in [0.2, 0.25) is 0 Å². The number of Topliss-reactive ketones (excluding diaryl/α,β-unsaturated/α-hetero) is 1. The van der Waals surface area contributed by atoms with E-state index in [4.69, 9.17) is 4.74 Å². The van der Waals surface area contributed by atoms with Gasteiger partial charge in [-0.3, -0.25) is 4.79 Å². The maximum absolute atomic E-state index is 12.8. The zero-order valence-electron chi connectivity index (χ0n) is 9.14. The first-order valence-electron chi connectivity index (χ1n) is 4.71. The molecule has 1 rings (SSSR count). The molecule has 0 aliphatic rings. The molecule has 1 aromatic carbocycles.